The van der Waals surface area contributed by atoms with Gasteiger partial charge in [-0.15, -0.1) is 0 Å². The maximum atomic E-state index is 11.8. The number of amides is 1. The molecule has 1 atom stereocenters. The summed E-state index contributed by atoms with van der Waals surface area (Å²) >= 11 is 0. The number of hydrogen-bond donors (Lipinski definition) is 0. The average Bonchev–Trinajstić information content (AvgIpc) is 2.32. The molecule has 0 radical (unpaired) electrons. The Morgan fingerprint density at radius 1 is 1.29 bits per heavy atom. The van der Waals surface area contributed by atoms with E-state index < -0.39 is 0 Å². The molecule has 0 bridgehead atoms. The van der Waals surface area contributed by atoms with E-state index in [-0.39, 0.29) is 5.91 Å². The van der Waals surface area contributed by atoms with Crippen LogP contribution in [0.25, 0.3) is 0 Å². The number of likely N-dealkylation sites (tertiary alicyclic amines) is 1. The molecule has 1 amide bonds. The van der Waals surface area contributed by atoms with Crippen molar-refractivity contribution in [3.63, 3.8) is 0 Å². The molecule has 0 N–H and O–H groups in total. The van der Waals surface area contributed by atoms with Crippen molar-refractivity contribution in [1.82, 2.24) is 4.90 Å². The van der Waals surface area contributed by atoms with E-state index in [9.17, 15) is 4.79 Å². The molecule has 1 saturated heterocycles. The van der Waals surface area contributed by atoms with Gasteiger partial charge in [0.25, 0.3) is 5.91 Å². The molecular formula is C14H23NO2. The molecule has 2 aliphatic rings. The average molecular weight is 237 g/mol. The van der Waals surface area contributed by atoms with Gasteiger partial charge >= 0.3 is 0 Å². The first-order valence-electron chi connectivity index (χ1n) is 6.93. The first-order chi connectivity index (χ1) is 8.34. The summed E-state index contributed by atoms with van der Waals surface area (Å²) in [7, 11) is 0. The molecular weight excluding hydrogens is 214 g/mol. The van der Waals surface area contributed by atoms with Gasteiger partial charge in [-0.2, -0.15) is 0 Å². The normalized spacial score (nSPS) is 30.4. The number of rotatable bonds is 1. The fraction of sp³-hybridized carbons (Fsp3) is 0.786. The molecule has 17 heavy (non-hydrogen) atoms. The molecule has 2 aliphatic heterocycles. The van der Waals surface area contributed by atoms with Crippen LogP contribution in [0.3, 0.4) is 0 Å². The van der Waals surface area contributed by atoms with Crippen LogP contribution in [0.4, 0.5) is 0 Å². The first kappa shape index (κ1) is 12.6. The zero-order chi connectivity index (χ0) is 12.1. The Kier molecular flexibility index (Phi) is 4.60. The molecule has 1 fully saturated rings. The second-order valence-corrected chi connectivity index (χ2v) is 4.90. The Hall–Kier alpha value is -0.830. The maximum Gasteiger partial charge on any atom is 0.252 e. The fourth-order valence-electron chi connectivity index (χ4n) is 2.75. The van der Waals surface area contributed by atoms with Crippen molar-refractivity contribution >= 4 is 5.91 Å². The third-order valence-corrected chi connectivity index (χ3v) is 3.77. The zero-order valence-electron chi connectivity index (χ0n) is 10.8. The Balaban J connectivity index is 1.97. The highest BCUT2D eigenvalue weighted by Crippen LogP contribution is 2.30. The lowest BCUT2D eigenvalue weighted by atomic mass is 9.89. The molecule has 2 rings (SSSR count). The van der Waals surface area contributed by atoms with E-state index in [1.807, 2.05) is 11.0 Å². The third kappa shape index (κ3) is 2.89. The number of β-lactam (4-membered cyclic amide) rings is 1. The molecule has 0 aromatic heterocycles. The van der Waals surface area contributed by atoms with Crippen LogP contribution in [0, 0.1) is 0 Å². The van der Waals surface area contributed by atoms with Gasteiger partial charge in [0.05, 0.1) is 12.6 Å². The maximum absolute atomic E-state index is 11.8. The van der Waals surface area contributed by atoms with Crippen LogP contribution in [0.1, 0.15) is 45.4 Å². The van der Waals surface area contributed by atoms with Crippen LogP contribution in [-0.2, 0) is 9.53 Å². The highest BCUT2D eigenvalue weighted by molar-refractivity contribution is 6.01. The van der Waals surface area contributed by atoms with E-state index in [1.165, 1.54) is 25.7 Å². The minimum absolute atomic E-state index is 0.221. The van der Waals surface area contributed by atoms with Crippen LogP contribution in [0.2, 0.25) is 0 Å². The Labute approximate surface area is 104 Å². The van der Waals surface area contributed by atoms with Gasteiger partial charge in [0.1, 0.15) is 0 Å². The first-order valence-corrected chi connectivity index (χ1v) is 6.93. The SMILES string of the molecule is CCN1C(=O)/C2=C/COCCCCCCCC21. The molecule has 0 aromatic rings. The predicted molar refractivity (Wildman–Crippen MR) is 67.8 cm³/mol. The van der Waals surface area contributed by atoms with E-state index in [1.54, 1.807) is 0 Å². The largest absolute Gasteiger partial charge is 0.377 e. The number of carbonyl (C=O) groups is 1. The van der Waals surface area contributed by atoms with Crippen molar-refractivity contribution in [3.8, 4) is 0 Å². The van der Waals surface area contributed by atoms with Gasteiger partial charge in [0.2, 0.25) is 0 Å². The standard InChI is InChI=1S/C14H23NO2/c1-2-15-13-8-6-4-3-5-7-10-17-11-9-12(13)14(15)16/h9,13H,2-8,10-11H2,1H3/b12-9+. The minimum Gasteiger partial charge on any atom is -0.377 e. The molecule has 3 nitrogen and oxygen atoms in total. The lowest BCUT2D eigenvalue weighted by Crippen LogP contribution is -2.54. The number of nitrogens with zero attached hydrogens (tertiary/aromatic N) is 1. The molecule has 0 aliphatic carbocycles. The minimum atomic E-state index is 0.221. The molecule has 96 valence electrons. The Morgan fingerprint density at radius 3 is 2.88 bits per heavy atom. The number of carbonyl (C=O) groups excluding carboxylic acids is 1. The molecule has 0 aromatic carbocycles. The second kappa shape index (κ2) is 6.20. The summed E-state index contributed by atoms with van der Waals surface area (Å²) in [6, 6.07) is 0.371. The molecule has 1 unspecified atom stereocenters. The summed E-state index contributed by atoms with van der Waals surface area (Å²) < 4.78 is 5.53. The van der Waals surface area contributed by atoms with Crippen LogP contribution in [0.5, 0.6) is 0 Å². The van der Waals surface area contributed by atoms with Crippen LogP contribution < -0.4 is 0 Å². The van der Waals surface area contributed by atoms with Crippen LogP contribution >= 0.6 is 0 Å². The number of fused-ring (bicyclic) bond motifs is 1. The number of likely N-dealkylation sites (N-methyl/N-ethyl adjacent to an activating group) is 1. The summed E-state index contributed by atoms with van der Waals surface area (Å²) in [5.74, 6) is 0.221. The van der Waals surface area contributed by atoms with Crippen molar-refractivity contribution in [2.24, 2.45) is 0 Å². The van der Waals surface area contributed by atoms with Crippen molar-refractivity contribution in [2.75, 3.05) is 19.8 Å². The van der Waals surface area contributed by atoms with Crippen LogP contribution in [0.15, 0.2) is 11.6 Å². The summed E-state index contributed by atoms with van der Waals surface area (Å²) in [6.45, 7) is 4.33. The highest BCUT2D eigenvalue weighted by Gasteiger charge is 2.39. The monoisotopic (exact) mass is 237 g/mol. The topological polar surface area (TPSA) is 29.5 Å². The van der Waals surface area contributed by atoms with Crippen molar-refractivity contribution in [3.05, 3.63) is 11.6 Å². The third-order valence-electron chi connectivity index (χ3n) is 3.77. The highest BCUT2D eigenvalue weighted by atomic mass is 16.5. The second-order valence-electron chi connectivity index (χ2n) is 4.90. The molecule has 0 spiro atoms. The van der Waals surface area contributed by atoms with E-state index in [2.05, 4.69) is 6.92 Å². The Morgan fingerprint density at radius 2 is 2.06 bits per heavy atom. The van der Waals surface area contributed by atoms with Gasteiger partial charge < -0.3 is 9.64 Å². The van der Waals surface area contributed by atoms with E-state index in [0.29, 0.717) is 12.6 Å². The van der Waals surface area contributed by atoms with Gasteiger partial charge in [-0.25, -0.2) is 0 Å². The summed E-state index contributed by atoms with van der Waals surface area (Å²) in [6.07, 6.45) is 9.39. The summed E-state index contributed by atoms with van der Waals surface area (Å²) in [5, 5.41) is 0. The molecule has 2 heterocycles. The van der Waals surface area contributed by atoms with E-state index in [0.717, 1.165) is 31.6 Å². The summed E-state index contributed by atoms with van der Waals surface area (Å²) in [5.41, 5.74) is 0.993. The van der Waals surface area contributed by atoms with E-state index in [4.69, 9.17) is 4.74 Å². The van der Waals surface area contributed by atoms with Gasteiger partial charge in [0.15, 0.2) is 0 Å². The molecule has 0 saturated carbocycles. The van der Waals surface area contributed by atoms with Gasteiger partial charge in [-0.3, -0.25) is 4.79 Å². The van der Waals surface area contributed by atoms with Crippen LogP contribution in [-0.4, -0.2) is 36.6 Å². The lowest BCUT2D eigenvalue weighted by molar-refractivity contribution is -0.137. The molecule has 3 heteroatoms. The number of hydrogen-bond acceptors (Lipinski definition) is 2. The van der Waals surface area contributed by atoms with Gasteiger partial charge in [-0.1, -0.05) is 25.7 Å². The quantitative estimate of drug-likeness (QED) is 0.656. The number of ether oxygens (including phenoxy) is 1. The summed E-state index contributed by atoms with van der Waals surface area (Å²) in [4.78, 5) is 13.8. The van der Waals surface area contributed by atoms with Crippen molar-refractivity contribution in [2.45, 2.75) is 51.5 Å². The smallest absolute Gasteiger partial charge is 0.252 e. The van der Waals surface area contributed by atoms with Crippen molar-refractivity contribution < 1.29 is 9.53 Å². The predicted octanol–water partition coefficient (Wildman–Crippen LogP) is 2.51. The lowest BCUT2D eigenvalue weighted by Gasteiger charge is -2.42. The fourth-order valence-corrected chi connectivity index (χ4v) is 2.75. The van der Waals surface area contributed by atoms with E-state index >= 15 is 0 Å². The zero-order valence-corrected chi connectivity index (χ0v) is 10.8. The van der Waals surface area contributed by atoms with Crippen molar-refractivity contribution in [1.29, 1.82) is 0 Å². The van der Waals surface area contributed by atoms with Gasteiger partial charge in [-0.05, 0) is 25.8 Å². The Bertz CT molecular complexity index is 299. The van der Waals surface area contributed by atoms with Gasteiger partial charge in [0, 0.05) is 18.7 Å².